The van der Waals surface area contributed by atoms with E-state index >= 15 is 0 Å². The van der Waals surface area contributed by atoms with Crippen LogP contribution in [0.15, 0.2) is 10.2 Å². The highest BCUT2D eigenvalue weighted by Gasteiger charge is 2.06. The lowest BCUT2D eigenvalue weighted by atomic mass is 10.3. The van der Waals surface area contributed by atoms with Crippen LogP contribution in [0.1, 0.15) is 11.4 Å². The Bertz CT molecular complexity index is 502. The van der Waals surface area contributed by atoms with Crippen molar-refractivity contribution in [3.8, 4) is 0 Å². The molecule has 0 aromatic carbocycles. The van der Waals surface area contributed by atoms with Gasteiger partial charge in [-0.2, -0.15) is 0 Å². The minimum atomic E-state index is -0.0984. The molecule has 2 aromatic rings. The zero-order valence-electron chi connectivity index (χ0n) is 6.93. The van der Waals surface area contributed by atoms with Crippen molar-refractivity contribution in [3.63, 3.8) is 0 Å². The molecule has 0 atom stereocenters. The van der Waals surface area contributed by atoms with Gasteiger partial charge < -0.3 is 4.98 Å². The molecular formula is C8H7ClN2OS. The number of nitrogens with zero attached hydrogens (tertiary/aromatic N) is 1. The number of hydrogen-bond acceptors (Lipinski definition) is 3. The van der Waals surface area contributed by atoms with E-state index in [1.807, 2.05) is 12.3 Å². The smallest absolute Gasteiger partial charge is 0.268 e. The Hall–Kier alpha value is -0.870. The molecule has 13 heavy (non-hydrogen) atoms. The van der Waals surface area contributed by atoms with Crippen LogP contribution >= 0.6 is 22.9 Å². The van der Waals surface area contributed by atoms with Crippen molar-refractivity contribution in [2.45, 2.75) is 12.8 Å². The molecule has 0 bridgehead atoms. The van der Waals surface area contributed by atoms with Crippen molar-refractivity contribution >= 4 is 33.2 Å². The minimum Gasteiger partial charge on any atom is -0.308 e. The molecule has 0 aliphatic carbocycles. The molecule has 0 aliphatic rings. The predicted molar refractivity (Wildman–Crippen MR) is 54.5 cm³/mol. The molecule has 2 heterocycles. The molecule has 68 valence electrons. The lowest BCUT2D eigenvalue weighted by molar-refractivity contribution is 1.04. The Kier molecular flexibility index (Phi) is 2.09. The van der Waals surface area contributed by atoms with E-state index in [4.69, 9.17) is 11.6 Å². The molecule has 0 saturated heterocycles. The Morgan fingerprint density at radius 1 is 1.69 bits per heavy atom. The molecular weight excluding hydrogens is 208 g/mol. The Morgan fingerprint density at radius 3 is 3.15 bits per heavy atom. The minimum absolute atomic E-state index is 0.0984. The van der Waals surface area contributed by atoms with Gasteiger partial charge in [-0.1, -0.05) is 0 Å². The first-order chi connectivity index (χ1) is 6.22. The van der Waals surface area contributed by atoms with E-state index in [9.17, 15) is 4.79 Å². The highest BCUT2D eigenvalue weighted by atomic mass is 35.5. The largest absolute Gasteiger partial charge is 0.308 e. The van der Waals surface area contributed by atoms with Crippen LogP contribution in [0.3, 0.4) is 0 Å². The fourth-order valence-corrected chi connectivity index (χ4v) is 2.16. The van der Waals surface area contributed by atoms with Crippen LogP contribution < -0.4 is 5.56 Å². The lowest BCUT2D eigenvalue weighted by Gasteiger charge is -1.95. The quantitative estimate of drug-likeness (QED) is 0.739. The van der Waals surface area contributed by atoms with Gasteiger partial charge in [0, 0.05) is 0 Å². The molecule has 1 N–H and O–H groups in total. The van der Waals surface area contributed by atoms with Gasteiger partial charge in [0.05, 0.1) is 11.4 Å². The normalized spacial score (nSPS) is 10.9. The number of aryl methyl sites for hydroxylation is 1. The summed E-state index contributed by atoms with van der Waals surface area (Å²) in [6, 6.07) is 0. The summed E-state index contributed by atoms with van der Waals surface area (Å²) in [6.45, 7) is 1.93. The zero-order chi connectivity index (χ0) is 9.42. The lowest BCUT2D eigenvalue weighted by Crippen LogP contribution is -2.09. The third-order valence-electron chi connectivity index (χ3n) is 1.78. The van der Waals surface area contributed by atoms with Crippen LogP contribution in [0.25, 0.3) is 10.2 Å². The molecule has 0 amide bonds. The van der Waals surface area contributed by atoms with Crippen molar-refractivity contribution in [3.05, 3.63) is 27.1 Å². The zero-order valence-corrected chi connectivity index (χ0v) is 8.50. The van der Waals surface area contributed by atoms with Gasteiger partial charge in [-0.15, -0.1) is 22.9 Å². The van der Waals surface area contributed by atoms with Gasteiger partial charge >= 0.3 is 0 Å². The summed E-state index contributed by atoms with van der Waals surface area (Å²) in [5.41, 5.74) is 1.70. The highest BCUT2D eigenvalue weighted by Crippen LogP contribution is 2.19. The van der Waals surface area contributed by atoms with Crippen LogP contribution in [0.4, 0.5) is 0 Å². The van der Waals surface area contributed by atoms with E-state index in [1.165, 1.54) is 11.3 Å². The standard InChI is InChI=1S/C8H7ClN2OS/c1-4-3-13-7-6(4)10-5(2-9)11-8(7)12/h3H,2H2,1H3,(H,10,11,12). The summed E-state index contributed by atoms with van der Waals surface area (Å²) in [6.07, 6.45) is 0. The monoisotopic (exact) mass is 214 g/mol. The number of aromatic amines is 1. The van der Waals surface area contributed by atoms with Crippen molar-refractivity contribution in [2.75, 3.05) is 0 Å². The van der Waals surface area contributed by atoms with Gasteiger partial charge in [-0.25, -0.2) is 4.98 Å². The number of hydrogen-bond donors (Lipinski definition) is 1. The third kappa shape index (κ3) is 1.36. The number of halogens is 1. The molecule has 5 heteroatoms. The van der Waals surface area contributed by atoms with E-state index in [-0.39, 0.29) is 11.4 Å². The maximum absolute atomic E-state index is 11.4. The highest BCUT2D eigenvalue weighted by molar-refractivity contribution is 7.17. The number of alkyl halides is 1. The van der Waals surface area contributed by atoms with Gasteiger partial charge in [0.1, 0.15) is 10.5 Å². The number of nitrogens with one attached hydrogen (secondary N) is 1. The molecule has 0 saturated carbocycles. The maximum Gasteiger partial charge on any atom is 0.268 e. The van der Waals surface area contributed by atoms with Crippen molar-refractivity contribution < 1.29 is 0 Å². The number of rotatable bonds is 1. The third-order valence-corrected chi connectivity index (χ3v) is 3.12. The Balaban J connectivity index is 2.88. The van der Waals surface area contributed by atoms with Gasteiger partial charge in [0.2, 0.25) is 0 Å². The number of aromatic nitrogens is 2. The summed E-state index contributed by atoms with van der Waals surface area (Å²) in [7, 11) is 0. The topological polar surface area (TPSA) is 45.8 Å². The average molecular weight is 215 g/mol. The summed E-state index contributed by atoms with van der Waals surface area (Å²) < 4.78 is 0.673. The van der Waals surface area contributed by atoms with Gasteiger partial charge in [-0.05, 0) is 17.9 Å². The number of thiophene rings is 1. The Labute approximate surface area is 83.4 Å². The van der Waals surface area contributed by atoms with E-state index in [1.54, 1.807) is 0 Å². The fraction of sp³-hybridized carbons (Fsp3) is 0.250. The van der Waals surface area contributed by atoms with Crippen LogP contribution in [0.2, 0.25) is 0 Å². The van der Waals surface area contributed by atoms with Crippen LogP contribution in [-0.4, -0.2) is 9.97 Å². The molecule has 2 aromatic heterocycles. The summed E-state index contributed by atoms with van der Waals surface area (Å²) in [5.74, 6) is 0.765. The summed E-state index contributed by atoms with van der Waals surface area (Å²) >= 11 is 7.00. The summed E-state index contributed by atoms with van der Waals surface area (Å²) in [5, 5.41) is 1.92. The molecule has 0 fully saturated rings. The van der Waals surface area contributed by atoms with Crippen LogP contribution in [0.5, 0.6) is 0 Å². The molecule has 0 radical (unpaired) electrons. The number of H-pyrrole nitrogens is 1. The molecule has 0 spiro atoms. The first kappa shape index (κ1) is 8.72. The fourth-order valence-electron chi connectivity index (χ4n) is 1.15. The molecule has 3 nitrogen and oxygen atoms in total. The second kappa shape index (κ2) is 3.12. The van der Waals surface area contributed by atoms with Gasteiger partial charge in [0.15, 0.2) is 0 Å². The van der Waals surface area contributed by atoms with E-state index in [2.05, 4.69) is 9.97 Å². The van der Waals surface area contributed by atoms with Crippen molar-refractivity contribution in [1.29, 1.82) is 0 Å². The van der Waals surface area contributed by atoms with E-state index < -0.39 is 0 Å². The van der Waals surface area contributed by atoms with Gasteiger partial charge in [-0.3, -0.25) is 4.79 Å². The SMILES string of the molecule is Cc1csc2c(=O)[nH]c(CCl)nc12. The number of fused-ring (bicyclic) bond motifs is 1. The van der Waals surface area contributed by atoms with Crippen molar-refractivity contribution in [1.82, 2.24) is 9.97 Å². The van der Waals surface area contributed by atoms with Crippen LogP contribution in [-0.2, 0) is 5.88 Å². The average Bonchev–Trinajstić information content (AvgIpc) is 2.48. The van der Waals surface area contributed by atoms with Crippen LogP contribution in [0, 0.1) is 6.92 Å². The molecule has 2 rings (SSSR count). The van der Waals surface area contributed by atoms with Gasteiger partial charge in [0.25, 0.3) is 5.56 Å². The Morgan fingerprint density at radius 2 is 2.46 bits per heavy atom. The first-order valence-corrected chi connectivity index (χ1v) is 5.16. The predicted octanol–water partition coefficient (Wildman–Crippen LogP) is 2.03. The second-order valence-electron chi connectivity index (χ2n) is 2.74. The van der Waals surface area contributed by atoms with E-state index in [0.717, 1.165) is 11.1 Å². The second-order valence-corrected chi connectivity index (χ2v) is 3.89. The maximum atomic E-state index is 11.4. The first-order valence-electron chi connectivity index (χ1n) is 3.75. The van der Waals surface area contributed by atoms with Crippen molar-refractivity contribution in [2.24, 2.45) is 0 Å². The van der Waals surface area contributed by atoms with E-state index in [0.29, 0.717) is 10.5 Å². The summed E-state index contributed by atoms with van der Waals surface area (Å²) in [4.78, 5) is 18.3. The molecule has 0 unspecified atom stereocenters. The molecule has 0 aliphatic heterocycles.